The fourth-order valence-corrected chi connectivity index (χ4v) is 5.17. The van der Waals surface area contributed by atoms with Crippen LogP contribution in [0.1, 0.15) is 53.1 Å². The van der Waals surface area contributed by atoms with Gasteiger partial charge in [0.05, 0.1) is 9.79 Å². The molecule has 0 N–H and O–H groups in total. The standard InChI is InChI=1S/C21H28O2S/c1-7-8-9-20-15(3)17(5)21(18(6)16(20)4)24(22,23)19-12-10-14(2)11-13-19/h10-13H,7-9H2,1-6H3. The fourth-order valence-electron chi connectivity index (χ4n) is 3.32. The number of hydrogen-bond acceptors (Lipinski definition) is 2. The van der Waals surface area contributed by atoms with Gasteiger partial charge in [0.25, 0.3) is 0 Å². The highest BCUT2D eigenvalue weighted by molar-refractivity contribution is 7.91. The Kier molecular flexibility index (Phi) is 5.54. The van der Waals surface area contributed by atoms with Crippen LogP contribution in [0.2, 0.25) is 0 Å². The van der Waals surface area contributed by atoms with E-state index in [4.69, 9.17) is 0 Å². The third kappa shape index (κ3) is 3.27. The number of unbranched alkanes of at least 4 members (excludes halogenated alkanes) is 1. The summed E-state index contributed by atoms with van der Waals surface area (Å²) in [7, 11) is -3.50. The molecule has 0 aliphatic carbocycles. The highest BCUT2D eigenvalue weighted by atomic mass is 32.2. The molecular formula is C21H28O2S. The number of hydrogen-bond donors (Lipinski definition) is 0. The van der Waals surface area contributed by atoms with Crippen molar-refractivity contribution in [2.45, 2.75) is 70.6 Å². The smallest absolute Gasteiger partial charge is 0.207 e. The molecule has 0 unspecified atom stereocenters. The van der Waals surface area contributed by atoms with E-state index in [1.54, 1.807) is 12.1 Å². The molecule has 0 aromatic heterocycles. The van der Waals surface area contributed by atoms with Crippen LogP contribution in [0.25, 0.3) is 0 Å². The first-order valence-corrected chi connectivity index (χ1v) is 10.1. The summed E-state index contributed by atoms with van der Waals surface area (Å²) in [6, 6.07) is 7.12. The molecule has 0 aliphatic heterocycles. The predicted molar refractivity (Wildman–Crippen MR) is 101 cm³/mol. The highest BCUT2D eigenvalue weighted by Gasteiger charge is 2.26. The van der Waals surface area contributed by atoms with Gasteiger partial charge in [-0.25, -0.2) is 8.42 Å². The number of rotatable bonds is 5. The molecule has 24 heavy (non-hydrogen) atoms. The van der Waals surface area contributed by atoms with Gasteiger partial charge in [-0.05, 0) is 87.4 Å². The molecule has 3 heteroatoms. The summed E-state index contributed by atoms with van der Waals surface area (Å²) < 4.78 is 26.4. The second kappa shape index (κ2) is 7.10. The number of sulfone groups is 1. The van der Waals surface area contributed by atoms with Crippen molar-refractivity contribution in [1.82, 2.24) is 0 Å². The molecule has 2 aromatic rings. The van der Waals surface area contributed by atoms with Crippen LogP contribution in [-0.4, -0.2) is 8.42 Å². The number of benzene rings is 2. The Balaban J connectivity index is 2.69. The van der Waals surface area contributed by atoms with Crippen molar-refractivity contribution in [3.63, 3.8) is 0 Å². The van der Waals surface area contributed by atoms with Crippen LogP contribution < -0.4 is 0 Å². The normalized spacial score (nSPS) is 11.8. The molecule has 2 nitrogen and oxygen atoms in total. The molecule has 130 valence electrons. The zero-order valence-corrected chi connectivity index (χ0v) is 16.5. The maximum absolute atomic E-state index is 13.2. The Bertz CT molecular complexity index is 815. The summed E-state index contributed by atoms with van der Waals surface area (Å²) in [6.07, 6.45) is 3.28. The molecule has 0 aliphatic rings. The van der Waals surface area contributed by atoms with Gasteiger partial charge in [0, 0.05) is 0 Å². The second-order valence-corrected chi connectivity index (χ2v) is 8.61. The molecule has 0 heterocycles. The van der Waals surface area contributed by atoms with Crippen LogP contribution >= 0.6 is 0 Å². The lowest BCUT2D eigenvalue weighted by atomic mass is 9.91. The van der Waals surface area contributed by atoms with E-state index in [0.29, 0.717) is 9.79 Å². The first-order chi connectivity index (χ1) is 11.2. The zero-order chi connectivity index (χ0) is 18.1. The van der Waals surface area contributed by atoms with E-state index in [1.165, 1.54) is 5.56 Å². The summed E-state index contributed by atoms with van der Waals surface area (Å²) >= 11 is 0. The first kappa shape index (κ1) is 18.7. The summed E-state index contributed by atoms with van der Waals surface area (Å²) in [5.74, 6) is 0. The highest BCUT2D eigenvalue weighted by Crippen LogP contribution is 2.34. The molecule has 0 saturated carbocycles. The van der Waals surface area contributed by atoms with E-state index >= 15 is 0 Å². The van der Waals surface area contributed by atoms with Crippen LogP contribution in [0, 0.1) is 34.6 Å². The Hall–Kier alpha value is -1.61. The Labute approximate surface area is 146 Å². The minimum absolute atomic E-state index is 0.374. The van der Waals surface area contributed by atoms with Crippen molar-refractivity contribution in [3.05, 3.63) is 57.6 Å². The van der Waals surface area contributed by atoms with Crippen molar-refractivity contribution < 1.29 is 8.42 Å². The molecular weight excluding hydrogens is 316 g/mol. The third-order valence-electron chi connectivity index (χ3n) is 5.09. The van der Waals surface area contributed by atoms with Crippen LogP contribution in [-0.2, 0) is 16.3 Å². The lowest BCUT2D eigenvalue weighted by Gasteiger charge is -2.20. The summed E-state index contributed by atoms with van der Waals surface area (Å²) in [6.45, 7) is 12.1. The molecule has 0 saturated heterocycles. The molecule has 0 amide bonds. The Morgan fingerprint density at radius 2 is 1.29 bits per heavy atom. The molecule has 0 fully saturated rings. The SMILES string of the molecule is CCCCc1c(C)c(C)c(S(=O)(=O)c2ccc(C)cc2)c(C)c1C. The number of aryl methyl sites for hydroxylation is 1. The van der Waals surface area contributed by atoms with Gasteiger partial charge in [-0.2, -0.15) is 0 Å². The molecule has 2 rings (SSSR count). The lowest BCUT2D eigenvalue weighted by molar-refractivity contribution is 0.594. The Morgan fingerprint density at radius 1 is 0.792 bits per heavy atom. The van der Waals surface area contributed by atoms with Gasteiger partial charge in [-0.15, -0.1) is 0 Å². The first-order valence-electron chi connectivity index (χ1n) is 8.62. The van der Waals surface area contributed by atoms with Crippen LogP contribution in [0.4, 0.5) is 0 Å². The zero-order valence-electron chi connectivity index (χ0n) is 15.7. The van der Waals surface area contributed by atoms with Gasteiger partial charge in [0.15, 0.2) is 0 Å². The third-order valence-corrected chi connectivity index (χ3v) is 7.13. The van der Waals surface area contributed by atoms with Crippen molar-refractivity contribution in [1.29, 1.82) is 0 Å². The topological polar surface area (TPSA) is 34.1 Å². The minimum Gasteiger partial charge on any atom is -0.218 e. The van der Waals surface area contributed by atoms with Crippen LogP contribution in [0.3, 0.4) is 0 Å². The molecule has 0 spiro atoms. The molecule has 2 aromatic carbocycles. The predicted octanol–water partition coefficient (Wildman–Crippen LogP) is 5.40. The van der Waals surface area contributed by atoms with Gasteiger partial charge in [-0.1, -0.05) is 31.0 Å². The lowest BCUT2D eigenvalue weighted by Crippen LogP contribution is -2.11. The van der Waals surface area contributed by atoms with Gasteiger partial charge in [0.1, 0.15) is 0 Å². The van der Waals surface area contributed by atoms with E-state index in [1.807, 2.05) is 32.9 Å². The maximum atomic E-state index is 13.2. The van der Waals surface area contributed by atoms with E-state index in [-0.39, 0.29) is 0 Å². The van der Waals surface area contributed by atoms with E-state index < -0.39 is 9.84 Å². The summed E-state index contributed by atoms with van der Waals surface area (Å²) in [5.41, 5.74) is 6.41. The average molecular weight is 345 g/mol. The van der Waals surface area contributed by atoms with Crippen LogP contribution in [0.5, 0.6) is 0 Å². The maximum Gasteiger partial charge on any atom is 0.207 e. The quantitative estimate of drug-likeness (QED) is 0.727. The molecule has 0 atom stereocenters. The molecule has 0 radical (unpaired) electrons. The van der Waals surface area contributed by atoms with Crippen molar-refractivity contribution >= 4 is 9.84 Å². The van der Waals surface area contributed by atoms with Gasteiger partial charge in [0.2, 0.25) is 9.84 Å². The van der Waals surface area contributed by atoms with Gasteiger partial charge < -0.3 is 0 Å². The van der Waals surface area contributed by atoms with E-state index in [2.05, 4.69) is 20.8 Å². The van der Waals surface area contributed by atoms with E-state index in [0.717, 1.165) is 47.1 Å². The largest absolute Gasteiger partial charge is 0.218 e. The Morgan fingerprint density at radius 3 is 1.75 bits per heavy atom. The fraction of sp³-hybridized carbons (Fsp3) is 0.429. The minimum atomic E-state index is -3.50. The summed E-state index contributed by atoms with van der Waals surface area (Å²) in [5, 5.41) is 0. The summed E-state index contributed by atoms with van der Waals surface area (Å²) in [4.78, 5) is 0.862. The van der Waals surface area contributed by atoms with Gasteiger partial charge >= 0.3 is 0 Å². The van der Waals surface area contributed by atoms with Crippen molar-refractivity contribution in [2.24, 2.45) is 0 Å². The van der Waals surface area contributed by atoms with E-state index in [9.17, 15) is 8.42 Å². The molecule has 0 bridgehead atoms. The monoisotopic (exact) mass is 344 g/mol. The van der Waals surface area contributed by atoms with Crippen molar-refractivity contribution in [2.75, 3.05) is 0 Å². The van der Waals surface area contributed by atoms with Crippen molar-refractivity contribution in [3.8, 4) is 0 Å². The van der Waals surface area contributed by atoms with Gasteiger partial charge in [-0.3, -0.25) is 0 Å². The average Bonchev–Trinajstić information content (AvgIpc) is 2.53. The second-order valence-electron chi connectivity index (χ2n) is 6.73. The van der Waals surface area contributed by atoms with Crippen LogP contribution in [0.15, 0.2) is 34.1 Å².